The molecule has 5 nitrogen and oxygen atoms in total. The van der Waals surface area contributed by atoms with Crippen molar-refractivity contribution in [2.24, 2.45) is 5.92 Å². The lowest BCUT2D eigenvalue weighted by Crippen LogP contribution is -2.45. The summed E-state index contributed by atoms with van der Waals surface area (Å²) in [4.78, 5) is 26.0. The molecule has 0 fully saturated rings. The molecule has 0 saturated carbocycles. The summed E-state index contributed by atoms with van der Waals surface area (Å²) in [6.45, 7) is 13.0. The highest BCUT2D eigenvalue weighted by Crippen LogP contribution is 2.42. The zero-order valence-corrected chi connectivity index (χ0v) is 16.5. The average molecular weight is 359 g/mol. The van der Waals surface area contributed by atoms with Crippen LogP contribution in [0.3, 0.4) is 0 Å². The van der Waals surface area contributed by atoms with E-state index in [1.165, 1.54) is 12.2 Å². The molecule has 2 rings (SSSR count). The molecule has 0 radical (unpaired) electrons. The fraction of sp³-hybridized carbons (Fsp3) is 0.524. The Hall–Kier alpha value is -2.30. The van der Waals surface area contributed by atoms with Gasteiger partial charge in [0.15, 0.2) is 0 Å². The number of rotatable bonds is 4. The number of para-hydroxylation sites is 1. The van der Waals surface area contributed by atoms with Gasteiger partial charge in [-0.25, -0.2) is 4.79 Å². The largest absolute Gasteiger partial charge is 0.486 e. The highest BCUT2D eigenvalue weighted by atomic mass is 16.5. The summed E-state index contributed by atoms with van der Waals surface area (Å²) in [6, 6.07) is 5.86. The van der Waals surface area contributed by atoms with Gasteiger partial charge in [0.1, 0.15) is 11.9 Å². The average Bonchev–Trinajstić information content (AvgIpc) is 2.57. The van der Waals surface area contributed by atoms with Crippen LogP contribution < -0.4 is 9.64 Å². The van der Waals surface area contributed by atoms with Gasteiger partial charge >= 0.3 is 5.97 Å². The Balaban J connectivity index is 2.42. The zero-order valence-electron chi connectivity index (χ0n) is 16.5. The van der Waals surface area contributed by atoms with Crippen molar-refractivity contribution < 1.29 is 19.1 Å². The predicted octanol–water partition coefficient (Wildman–Crippen LogP) is 3.85. The number of carbonyl (C=O) groups excluding carboxylic acids is 2. The molecule has 1 aromatic carbocycles. The number of nitrogens with zero attached hydrogens (tertiary/aromatic N) is 1. The minimum absolute atomic E-state index is 0.106. The Bertz CT molecular complexity index is 700. The SMILES string of the molecule is CCOC(=O)C=CC(=O)N1CC(C(C)C)Oc2c1cccc2C(C)(C)C. The number of carbonyl (C=O) groups is 2. The summed E-state index contributed by atoms with van der Waals surface area (Å²) in [7, 11) is 0. The molecule has 1 aromatic rings. The number of anilines is 1. The van der Waals surface area contributed by atoms with Gasteiger partial charge in [-0.05, 0) is 24.3 Å². The first-order valence-corrected chi connectivity index (χ1v) is 9.11. The van der Waals surface area contributed by atoms with Crippen molar-refractivity contribution in [1.29, 1.82) is 0 Å². The van der Waals surface area contributed by atoms with Gasteiger partial charge in [0.2, 0.25) is 0 Å². The number of fused-ring (bicyclic) bond motifs is 1. The van der Waals surface area contributed by atoms with Crippen molar-refractivity contribution in [3.05, 3.63) is 35.9 Å². The molecule has 1 atom stereocenters. The van der Waals surface area contributed by atoms with Crippen LogP contribution in [0, 0.1) is 5.92 Å². The van der Waals surface area contributed by atoms with Crippen molar-refractivity contribution in [2.45, 2.75) is 53.1 Å². The maximum atomic E-state index is 12.8. The van der Waals surface area contributed by atoms with Crippen LogP contribution in [0.4, 0.5) is 5.69 Å². The number of hydrogen-bond acceptors (Lipinski definition) is 4. The lowest BCUT2D eigenvalue weighted by atomic mass is 9.85. The fourth-order valence-corrected chi connectivity index (χ4v) is 2.89. The number of ether oxygens (including phenoxy) is 2. The van der Waals surface area contributed by atoms with Crippen LogP contribution in [-0.2, 0) is 19.7 Å². The fourth-order valence-electron chi connectivity index (χ4n) is 2.89. The van der Waals surface area contributed by atoms with Crippen LogP contribution >= 0.6 is 0 Å². The molecule has 1 aliphatic rings. The second-order valence-corrected chi connectivity index (χ2v) is 7.84. The molecule has 1 heterocycles. The Morgan fingerprint density at radius 3 is 2.58 bits per heavy atom. The van der Waals surface area contributed by atoms with Gasteiger partial charge in [-0.15, -0.1) is 0 Å². The lowest BCUT2D eigenvalue weighted by molar-refractivity contribution is -0.137. The number of esters is 1. The molecule has 1 aliphatic heterocycles. The third-order valence-corrected chi connectivity index (χ3v) is 4.38. The maximum Gasteiger partial charge on any atom is 0.330 e. The van der Waals surface area contributed by atoms with E-state index in [0.717, 1.165) is 17.0 Å². The first-order valence-electron chi connectivity index (χ1n) is 9.11. The minimum atomic E-state index is -0.516. The summed E-state index contributed by atoms with van der Waals surface area (Å²) in [5.74, 6) is 0.237. The Morgan fingerprint density at radius 1 is 1.31 bits per heavy atom. The molecule has 0 bridgehead atoms. The standard InChI is InChI=1S/C21H29NO4/c1-7-25-19(24)12-11-18(23)22-13-17(14(2)3)26-20-15(21(4,5)6)9-8-10-16(20)22/h8-12,14,17H,7,13H2,1-6H3. The van der Waals surface area contributed by atoms with E-state index in [2.05, 4.69) is 34.6 Å². The van der Waals surface area contributed by atoms with Gasteiger partial charge in [0.25, 0.3) is 5.91 Å². The van der Waals surface area contributed by atoms with Crippen LogP contribution in [-0.4, -0.2) is 31.1 Å². The van der Waals surface area contributed by atoms with Crippen molar-refractivity contribution in [3.63, 3.8) is 0 Å². The van der Waals surface area contributed by atoms with Crippen molar-refractivity contribution in [3.8, 4) is 5.75 Å². The summed E-state index contributed by atoms with van der Waals surface area (Å²) in [5.41, 5.74) is 1.69. The van der Waals surface area contributed by atoms with Crippen LogP contribution in [0.25, 0.3) is 0 Å². The first kappa shape index (κ1) is 20.0. The summed E-state index contributed by atoms with van der Waals surface area (Å²) in [5, 5.41) is 0. The van der Waals surface area contributed by atoms with Gasteiger partial charge in [-0.2, -0.15) is 0 Å². The Morgan fingerprint density at radius 2 is 2.00 bits per heavy atom. The van der Waals surface area contributed by atoms with E-state index in [0.29, 0.717) is 6.54 Å². The molecule has 0 aromatic heterocycles. The zero-order chi connectivity index (χ0) is 19.5. The van der Waals surface area contributed by atoms with E-state index < -0.39 is 5.97 Å². The summed E-state index contributed by atoms with van der Waals surface area (Å²) >= 11 is 0. The third-order valence-electron chi connectivity index (χ3n) is 4.38. The highest BCUT2D eigenvalue weighted by molar-refractivity contribution is 6.05. The number of hydrogen-bond donors (Lipinski definition) is 0. The van der Waals surface area contributed by atoms with E-state index >= 15 is 0 Å². The van der Waals surface area contributed by atoms with E-state index in [1.807, 2.05) is 18.2 Å². The third kappa shape index (κ3) is 4.45. The number of amides is 1. The molecule has 26 heavy (non-hydrogen) atoms. The highest BCUT2D eigenvalue weighted by Gasteiger charge is 2.34. The molecule has 1 unspecified atom stereocenters. The van der Waals surface area contributed by atoms with Gasteiger partial charge < -0.3 is 14.4 Å². The minimum Gasteiger partial charge on any atom is -0.486 e. The molecule has 0 saturated heterocycles. The quantitative estimate of drug-likeness (QED) is 0.605. The topological polar surface area (TPSA) is 55.8 Å². The monoisotopic (exact) mass is 359 g/mol. The molecule has 0 N–H and O–H groups in total. The lowest BCUT2D eigenvalue weighted by Gasteiger charge is -2.39. The molecular weight excluding hydrogens is 330 g/mol. The molecule has 5 heteroatoms. The van der Waals surface area contributed by atoms with Gasteiger partial charge in [0.05, 0.1) is 18.8 Å². The summed E-state index contributed by atoms with van der Waals surface area (Å²) in [6.07, 6.45) is 2.35. The molecule has 0 aliphatic carbocycles. The molecular formula is C21H29NO4. The van der Waals surface area contributed by atoms with Gasteiger partial charge in [-0.1, -0.05) is 46.8 Å². The van der Waals surface area contributed by atoms with Crippen LogP contribution in [0.15, 0.2) is 30.4 Å². The van der Waals surface area contributed by atoms with Crippen molar-refractivity contribution in [1.82, 2.24) is 0 Å². The van der Waals surface area contributed by atoms with Crippen molar-refractivity contribution >= 4 is 17.6 Å². The second kappa shape index (κ2) is 7.94. The van der Waals surface area contributed by atoms with E-state index in [1.54, 1.807) is 11.8 Å². The van der Waals surface area contributed by atoms with E-state index in [9.17, 15) is 9.59 Å². The molecule has 1 amide bonds. The van der Waals surface area contributed by atoms with Crippen LogP contribution in [0.2, 0.25) is 0 Å². The van der Waals surface area contributed by atoms with Crippen LogP contribution in [0.1, 0.15) is 47.1 Å². The Labute approximate surface area is 156 Å². The van der Waals surface area contributed by atoms with Gasteiger partial charge in [0, 0.05) is 17.7 Å². The number of benzene rings is 1. The molecule has 142 valence electrons. The first-order chi connectivity index (χ1) is 12.1. The van der Waals surface area contributed by atoms with Crippen LogP contribution in [0.5, 0.6) is 5.75 Å². The molecule has 0 spiro atoms. The van der Waals surface area contributed by atoms with Crippen molar-refractivity contribution in [2.75, 3.05) is 18.1 Å². The smallest absolute Gasteiger partial charge is 0.330 e. The normalized spacial score (nSPS) is 17.2. The second-order valence-electron chi connectivity index (χ2n) is 7.84. The Kier molecular flexibility index (Phi) is 6.11. The summed E-state index contributed by atoms with van der Waals surface area (Å²) < 4.78 is 11.1. The van der Waals surface area contributed by atoms with Gasteiger partial charge in [-0.3, -0.25) is 4.79 Å². The maximum absolute atomic E-state index is 12.8. The predicted molar refractivity (Wildman–Crippen MR) is 103 cm³/mol. The van der Waals surface area contributed by atoms with E-state index in [-0.39, 0.29) is 30.0 Å². The van der Waals surface area contributed by atoms with E-state index in [4.69, 9.17) is 9.47 Å².